The first-order valence-electron chi connectivity index (χ1n) is 7.37. The lowest BCUT2D eigenvalue weighted by atomic mass is 9.92. The van der Waals surface area contributed by atoms with Gasteiger partial charge in [-0.2, -0.15) is 0 Å². The molecule has 1 N–H and O–H groups in total. The lowest BCUT2D eigenvalue weighted by Crippen LogP contribution is -2.43. The molecule has 0 aliphatic carbocycles. The number of nitrogens with one attached hydrogen (secondary N) is 1. The Bertz CT molecular complexity index is 591. The highest BCUT2D eigenvalue weighted by molar-refractivity contribution is 5.86. The molecule has 2 heterocycles. The number of benzene rings is 1. The minimum atomic E-state index is 0.191. The van der Waals surface area contributed by atoms with E-state index in [1.54, 1.807) is 0 Å². The number of hydrogen-bond donors (Lipinski definition) is 1. The maximum Gasteiger partial charge on any atom is 0.196 e. The number of para-hydroxylation sites is 1. The topological polar surface area (TPSA) is 41.3 Å². The highest BCUT2D eigenvalue weighted by Gasteiger charge is 2.19. The van der Waals surface area contributed by atoms with Gasteiger partial charge < -0.3 is 14.6 Å². The zero-order chi connectivity index (χ0) is 14.2. The van der Waals surface area contributed by atoms with E-state index in [9.17, 15) is 0 Å². The molecule has 20 heavy (non-hydrogen) atoms. The monoisotopic (exact) mass is 273 g/mol. The van der Waals surface area contributed by atoms with Crippen molar-refractivity contribution in [2.75, 3.05) is 31.1 Å². The average molecular weight is 273 g/mol. The van der Waals surface area contributed by atoms with Crippen LogP contribution in [0.15, 0.2) is 22.6 Å². The number of piperazine rings is 1. The van der Waals surface area contributed by atoms with E-state index in [1.807, 2.05) is 6.07 Å². The van der Waals surface area contributed by atoms with Gasteiger partial charge in [-0.3, -0.25) is 0 Å². The Labute approximate surface area is 120 Å². The molecule has 0 radical (unpaired) electrons. The van der Waals surface area contributed by atoms with Gasteiger partial charge in [0, 0.05) is 32.6 Å². The van der Waals surface area contributed by atoms with E-state index in [-0.39, 0.29) is 5.41 Å². The second-order valence-corrected chi connectivity index (χ2v) is 6.71. The third-order valence-corrected chi connectivity index (χ3v) is 3.58. The van der Waals surface area contributed by atoms with E-state index < -0.39 is 0 Å². The molecule has 1 aliphatic rings. The quantitative estimate of drug-likeness (QED) is 0.913. The zero-order valence-electron chi connectivity index (χ0n) is 12.6. The first-order chi connectivity index (χ1) is 9.53. The number of hydrogen-bond acceptors (Lipinski definition) is 4. The Morgan fingerprint density at radius 1 is 1.25 bits per heavy atom. The first kappa shape index (κ1) is 13.4. The number of aromatic nitrogens is 1. The maximum atomic E-state index is 6.06. The molecule has 0 spiro atoms. The smallest absolute Gasteiger partial charge is 0.196 e. The SMILES string of the molecule is CC(C)(C)Cc1nc2cccc(N3CCNCC3)c2o1. The van der Waals surface area contributed by atoms with Crippen LogP contribution in [0, 0.1) is 5.41 Å². The lowest BCUT2D eigenvalue weighted by molar-refractivity contribution is 0.361. The summed E-state index contributed by atoms with van der Waals surface area (Å²) in [6.07, 6.45) is 0.864. The number of anilines is 1. The van der Waals surface area contributed by atoms with E-state index in [1.165, 1.54) is 5.69 Å². The minimum absolute atomic E-state index is 0.191. The van der Waals surface area contributed by atoms with Crippen molar-refractivity contribution < 1.29 is 4.42 Å². The fourth-order valence-electron chi connectivity index (χ4n) is 2.66. The van der Waals surface area contributed by atoms with Crippen LogP contribution >= 0.6 is 0 Å². The molecule has 1 aliphatic heterocycles. The van der Waals surface area contributed by atoms with Crippen molar-refractivity contribution in [1.82, 2.24) is 10.3 Å². The van der Waals surface area contributed by atoms with Gasteiger partial charge in [-0.05, 0) is 17.5 Å². The average Bonchev–Trinajstić information content (AvgIpc) is 2.79. The Balaban J connectivity index is 1.96. The molecule has 0 bridgehead atoms. The second kappa shape index (κ2) is 5.09. The van der Waals surface area contributed by atoms with Gasteiger partial charge in [0.1, 0.15) is 5.52 Å². The third kappa shape index (κ3) is 2.80. The van der Waals surface area contributed by atoms with E-state index >= 15 is 0 Å². The minimum Gasteiger partial charge on any atom is -0.438 e. The summed E-state index contributed by atoms with van der Waals surface area (Å²) in [5.41, 5.74) is 3.28. The van der Waals surface area contributed by atoms with Crippen molar-refractivity contribution >= 4 is 16.8 Å². The molecule has 1 fully saturated rings. The normalized spacial score (nSPS) is 16.9. The Kier molecular flexibility index (Phi) is 3.42. The molecular formula is C16H23N3O. The van der Waals surface area contributed by atoms with Gasteiger partial charge in [-0.1, -0.05) is 26.8 Å². The van der Waals surface area contributed by atoms with Crippen molar-refractivity contribution in [3.8, 4) is 0 Å². The molecular weight excluding hydrogens is 250 g/mol. The number of oxazole rings is 1. The lowest BCUT2D eigenvalue weighted by Gasteiger charge is -2.29. The van der Waals surface area contributed by atoms with E-state index in [4.69, 9.17) is 4.42 Å². The van der Waals surface area contributed by atoms with Crippen LogP contribution in [0.1, 0.15) is 26.7 Å². The summed E-state index contributed by atoms with van der Waals surface area (Å²) in [5, 5.41) is 3.38. The third-order valence-electron chi connectivity index (χ3n) is 3.58. The van der Waals surface area contributed by atoms with E-state index in [0.717, 1.165) is 49.6 Å². The number of nitrogens with zero attached hydrogens (tertiary/aromatic N) is 2. The zero-order valence-corrected chi connectivity index (χ0v) is 12.6. The molecule has 0 saturated carbocycles. The van der Waals surface area contributed by atoms with Gasteiger partial charge in [0.2, 0.25) is 0 Å². The van der Waals surface area contributed by atoms with Crippen LogP contribution in [0.5, 0.6) is 0 Å². The summed E-state index contributed by atoms with van der Waals surface area (Å²) in [5.74, 6) is 0.843. The van der Waals surface area contributed by atoms with Crippen molar-refractivity contribution in [3.05, 3.63) is 24.1 Å². The van der Waals surface area contributed by atoms with Crippen LogP contribution in [0.25, 0.3) is 11.1 Å². The van der Waals surface area contributed by atoms with Crippen LogP contribution in [0.3, 0.4) is 0 Å². The molecule has 1 aromatic carbocycles. The number of rotatable bonds is 2. The fraction of sp³-hybridized carbons (Fsp3) is 0.562. The molecule has 1 aromatic heterocycles. The van der Waals surface area contributed by atoms with Crippen LogP contribution in [0.2, 0.25) is 0 Å². The molecule has 2 aromatic rings. The first-order valence-corrected chi connectivity index (χ1v) is 7.37. The highest BCUT2D eigenvalue weighted by atomic mass is 16.3. The summed E-state index contributed by atoms with van der Waals surface area (Å²) < 4.78 is 6.06. The summed E-state index contributed by atoms with van der Waals surface area (Å²) in [6.45, 7) is 10.7. The van der Waals surface area contributed by atoms with Crippen molar-refractivity contribution in [3.63, 3.8) is 0 Å². The predicted octanol–water partition coefficient (Wildman–Crippen LogP) is 2.83. The Morgan fingerprint density at radius 2 is 2.00 bits per heavy atom. The van der Waals surface area contributed by atoms with Gasteiger partial charge in [0.05, 0.1) is 5.69 Å². The van der Waals surface area contributed by atoms with Crippen LogP contribution < -0.4 is 10.2 Å². The largest absolute Gasteiger partial charge is 0.438 e. The van der Waals surface area contributed by atoms with E-state index in [2.05, 4.69) is 48.1 Å². The van der Waals surface area contributed by atoms with Gasteiger partial charge in [0.25, 0.3) is 0 Å². The van der Waals surface area contributed by atoms with Gasteiger partial charge in [-0.15, -0.1) is 0 Å². The molecule has 1 saturated heterocycles. The molecule has 0 unspecified atom stereocenters. The Morgan fingerprint density at radius 3 is 2.70 bits per heavy atom. The molecule has 4 nitrogen and oxygen atoms in total. The van der Waals surface area contributed by atoms with Gasteiger partial charge in [-0.25, -0.2) is 4.98 Å². The van der Waals surface area contributed by atoms with Crippen molar-refractivity contribution in [2.24, 2.45) is 5.41 Å². The highest BCUT2D eigenvalue weighted by Crippen LogP contribution is 2.30. The maximum absolute atomic E-state index is 6.06. The summed E-state index contributed by atoms with van der Waals surface area (Å²) >= 11 is 0. The predicted molar refractivity (Wildman–Crippen MR) is 82.3 cm³/mol. The number of fused-ring (bicyclic) bond motifs is 1. The van der Waals surface area contributed by atoms with E-state index in [0.29, 0.717) is 0 Å². The molecule has 0 amide bonds. The molecule has 108 valence electrons. The van der Waals surface area contributed by atoms with Gasteiger partial charge >= 0.3 is 0 Å². The van der Waals surface area contributed by atoms with Crippen molar-refractivity contribution in [2.45, 2.75) is 27.2 Å². The fourth-order valence-corrected chi connectivity index (χ4v) is 2.66. The van der Waals surface area contributed by atoms with Gasteiger partial charge in [0.15, 0.2) is 11.5 Å². The van der Waals surface area contributed by atoms with Crippen LogP contribution in [-0.2, 0) is 6.42 Å². The molecule has 3 rings (SSSR count). The standard InChI is InChI=1S/C16H23N3O/c1-16(2,3)11-14-18-12-5-4-6-13(15(12)20-14)19-9-7-17-8-10-19/h4-6,17H,7-11H2,1-3H3. The Hall–Kier alpha value is -1.55. The second-order valence-electron chi connectivity index (χ2n) is 6.71. The summed E-state index contributed by atoms with van der Waals surface area (Å²) in [6, 6.07) is 6.25. The van der Waals surface area contributed by atoms with Crippen molar-refractivity contribution in [1.29, 1.82) is 0 Å². The molecule has 4 heteroatoms. The summed E-state index contributed by atoms with van der Waals surface area (Å²) in [7, 11) is 0. The summed E-state index contributed by atoms with van der Waals surface area (Å²) in [4.78, 5) is 7.02. The van der Waals surface area contributed by atoms with Crippen LogP contribution in [0.4, 0.5) is 5.69 Å². The van der Waals surface area contributed by atoms with Crippen LogP contribution in [-0.4, -0.2) is 31.2 Å². The molecule has 0 atom stereocenters.